The third-order valence-corrected chi connectivity index (χ3v) is 3.35. The molecular formula is C14H22N4O. The number of ether oxygens (including phenoxy) is 1. The van der Waals surface area contributed by atoms with E-state index in [1.54, 1.807) is 13.2 Å². The van der Waals surface area contributed by atoms with Gasteiger partial charge in [0.1, 0.15) is 5.71 Å². The first-order valence-electron chi connectivity index (χ1n) is 6.60. The van der Waals surface area contributed by atoms with Crippen LogP contribution in [0.3, 0.4) is 0 Å². The van der Waals surface area contributed by atoms with E-state index in [-0.39, 0.29) is 0 Å². The van der Waals surface area contributed by atoms with Crippen molar-refractivity contribution in [2.24, 2.45) is 9.98 Å². The minimum atomic E-state index is 0.772. The van der Waals surface area contributed by atoms with Gasteiger partial charge in [-0.05, 0) is 33.7 Å². The molecule has 2 rings (SSSR count). The lowest BCUT2D eigenvalue weighted by Crippen LogP contribution is -2.29. The first kappa shape index (κ1) is 13.8. The fourth-order valence-corrected chi connectivity index (χ4v) is 2.45. The molecule has 0 saturated heterocycles. The van der Waals surface area contributed by atoms with Crippen LogP contribution >= 0.6 is 0 Å². The zero-order valence-electron chi connectivity index (χ0n) is 12.0. The Morgan fingerprint density at radius 3 is 2.89 bits per heavy atom. The maximum Gasteiger partial charge on any atom is 0.166 e. The molecule has 0 N–H and O–H groups in total. The molecule has 5 nitrogen and oxygen atoms in total. The van der Waals surface area contributed by atoms with Crippen LogP contribution in [-0.4, -0.2) is 63.1 Å². The first-order chi connectivity index (χ1) is 9.19. The Bertz CT molecular complexity index is 448. The van der Waals surface area contributed by atoms with Crippen LogP contribution in [0.1, 0.15) is 12.8 Å². The molecule has 2 heterocycles. The maximum absolute atomic E-state index is 5.81. The lowest BCUT2D eigenvalue weighted by molar-refractivity contribution is 0.194. The van der Waals surface area contributed by atoms with Crippen molar-refractivity contribution in [2.45, 2.75) is 12.8 Å². The van der Waals surface area contributed by atoms with Gasteiger partial charge in [-0.1, -0.05) is 0 Å². The Balaban J connectivity index is 2.33. The molecule has 0 fully saturated rings. The lowest BCUT2D eigenvalue weighted by Gasteiger charge is -2.26. The van der Waals surface area contributed by atoms with E-state index in [2.05, 4.69) is 40.6 Å². The second-order valence-corrected chi connectivity index (χ2v) is 4.95. The highest BCUT2D eigenvalue weighted by molar-refractivity contribution is 6.13. The van der Waals surface area contributed by atoms with Gasteiger partial charge in [-0.25, -0.2) is 0 Å². The molecule has 2 aliphatic heterocycles. The average molecular weight is 262 g/mol. The highest BCUT2D eigenvalue weighted by Crippen LogP contribution is 2.35. The van der Waals surface area contributed by atoms with E-state index in [1.807, 2.05) is 0 Å². The summed E-state index contributed by atoms with van der Waals surface area (Å²) in [4.78, 5) is 12.7. The summed E-state index contributed by atoms with van der Waals surface area (Å²) in [5.41, 5.74) is 3.15. The van der Waals surface area contributed by atoms with E-state index in [1.165, 1.54) is 5.70 Å². The van der Waals surface area contributed by atoms with Gasteiger partial charge in [0.25, 0.3) is 0 Å². The third-order valence-electron chi connectivity index (χ3n) is 3.35. The molecule has 19 heavy (non-hydrogen) atoms. The van der Waals surface area contributed by atoms with Crippen LogP contribution in [0.2, 0.25) is 0 Å². The average Bonchev–Trinajstić information content (AvgIpc) is 2.70. The minimum absolute atomic E-state index is 0.772. The van der Waals surface area contributed by atoms with Gasteiger partial charge in [0, 0.05) is 20.1 Å². The van der Waals surface area contributed by atoms with Gasteiger partial charge < -0.3 is 14.5 Å². The van der Waals surface area contributed by atoms with Crippen LogP contribution in [-0.2, 0) is 4.74 Å². The molecule has 0 aliphatic carbocycles. The molecule has 0 aromatic rings. The molecule has 0 amide bonds. The molecule has 0 atom stereocenters. The van der Waals surface area contributed by atoms with E-state index in [0.29, 0.717) is 0 Å². The molecule has 0 radical (unpaired) electrons. The summed E-state index contributed by atoms with van der Waals surface area (Å²) in [7, 11) is 5.95. The van der Waals surface area contributed by atoms with Crippen molar-refractivity contribution in [2.75, 3.05) is 40.8 Å². The Morgan fingerprint density at radius 2 is 2.26 bits per heavy atom. The number of likely N-dealkylation sites (N-methyl/N-ethyl adjacent to an activating group) is 1. The Labute approximate surface area is 115 Å². The molecule has 104 valence electrons. The molecular weight excluding hydrogens is 240 g/mol. The Morgan fingerprint density at radius 1 is 1.47 bits per heavy atom. The van der Waals surface area contributed by atoms with Crippen molar-refractivity contribution in [1.29, 1.82) is 0 Å². The summed E-state index contributed by atoms with van der Waals surface area (Å²) in [6.45, 7) is 6.22. The van der Waals surface area contributed by atoms with E-state index in [0.717, 1.165) is 49.7 Å². The van der Waals surface area contributed by atoms with Gasteiger partial charge in [0.05, 0.1) is 24.2 Å². The van der Waals surface area contributed by atoms with Gasteiger partial charge in [-0.2, -0.15) is 0 Å². The maximum atomic E-state index is 5.81. The number of hydrogen-bond donors (Lipinski definition) is 0. The summed E-state index contributed by atoms with van der Waals surface area (Å²) in [6, 6.07) is 0. The normalized spacial score (nSPS) is 23.3. The topological polar surface area (TPSA) is 40.4 Å². The van der Waals surface area contributed by atoms with Crippen molar-refractivity contribution in [3.8, 4) is 0 Å². The fourth-order valence-electron chi connectivity index (χ4n) is 2.45. The summed E-state index contributed by atoms with van der Waals surface area (Å²) >= 11 is 0. The molecule has 5 heteroatoms. The largest absolute Gasteiger partial charge is 0.489 e. The highest BCUT2D eigenvalue weighted by atomic mass is 16.5. The zero-order valence-corrected chi connectivity index (χ0v) is 12.0. The second kappa shape index (κ2) is 6.02. The van der Waals surface area contributed by atoms with Crippen LogP contribution in [0, 0.1) is 0 Å². The molecule has 0 saturated carbocycles. The van der Waals surface area contributed by atoms with Crippen molar-refractivity contribution in [3.63, 3.8) is 0 Å². The number of aliphatic imine (C=N–C) groups is 2. The van der Waals surface area contributed by atoms with Crippen molar-refractivity contribution < 1.29 is 4.74 Å². The Hall–Kier alpha value is -1.62. The number of nitrogens with zero attached hydrogens (tertiary/aromatic N) is 4. The van der Waals surface area contributed by atoms with Crippen LogP contribution in [0.5, 0.6) is 0 Å². The highest BCUT2D eigenvalue weighted by Gasteiger charge is 2.35. The molecule has 0 bridgehead atoms. The molecule has 0 spiro atoms. The minimum Gasteiger partial charge on any atom is -0.489 e. The van der Waals surface area contributed by atoms with Gasteiger partial charge in [-0.15, -0.1) is 0 Å². The van der Waals surface area contributed by atoms with Gasteiger partial charge in [0.15, 0.2) is 5.76 Å². The van der Waals surface area contributed by atoms with Crippen LogP contribution < -0.4 is 0 Å². The quantitative estimate of drug-likeness (QED) is 0.721. The summed E-state index contributed by atoms with van der Waals surface area (Å²) in [5.74, 6) is 0.933. The Kier molecular flexibility index (Phi) is 4.37. The van der Waals surface area contributed by atoms with Crippen LogP contribution in [0.4, 0.5) is 0 Å². The molecule has 0 unspecified atom stereocenters. The second-order valence-electron chi connectivity index (χ2n) is 4.95. The first-order valence-corrected chi connectivity index (χ1v) is 6.60. The van der Waals surface area contributed by atoms with E-state index < -0.39 is 0 Å². The number of hydrogen-bond acceptors (Lipinski definition) is 5. The van der Waals surface area contributed by atoms with Gasteiger partial charge in [0.2, 0.25) is 0 Å². The predicted octanol–water partition coefficient (Wildman–Crippen LogP) is 1.50. The summed E-state index contributed by atoms with van der Waals surface area (Å²) in [5, 5.41) is 0. The summed E-state index contributed by atoms with van der Waals surface area (Å²) < 4.78 is 5.81. The fraction of sp³-hybridized carbons (Fsp3) is 0.571. The molecule has 2 aliphatic rings. The number of allylic oxidation sites excluding steroid dienone is 1. The lowest BCUT2D eigenvalue weighted by atomic mass is 10.2. The number of rotatable bonds is 4. The van der Waals surface area contributed by atoms with Gasteiger partial charge in [-0.3, -0.25) is 9.98 Å². The summed E-state index contributed by atoms with van der Waals surface area (Å²) in [6.07, 6.45) is 3.87. The molecule has 0 aromatic heterocycles. The van der Waals surface area contributed by atoms with E-state index >= 15 is 0 Å². The van der Waals surface area contributed by atoms with Gasteiger partial charge >= 0.3 is 0 Å². The van der Waals surface area contributed by atoms with Crippen LogP contribution in [0.25, 0.3) is 0 Å². The predicted molar refractivity (Wildman–Crippen MR) is 78.5 cm³/mol. The monoisotopic (exact) mass is 262 g/mol. The standard InChI is InChI=1S/C14H22N4O/c1-15-10-12-13(16-2)14-11(6-5-9-19-14)18(12)8-7-17(3)4/h10H,1,5-9H2,2-4H3/b12-10+,16-13+. The van der Waals surface area contributed by atoms with Crippen molar-refractivity contribution in [3.05, 3.63) is 23.4 Å². The van der Waals surface area contributed by atoms with Crippen molar-refractivity contribution in [1.82, 2.24) is 9.80 Å². The zero-order chi connectivity index (χ0) is 13.8. The van der Waals surface area contributed by atoms with E-state index in [4.69, 9.17) is 4.74 Å². The smallest absolute Gasteiger partial charge is 0.166 e. The van der Waals surface area contributed by atoms with E-state index in [9.17, 15) is 0 Å². The third kappa shape index (κ3) is 2.71. The molecule has 0 aromatic carbocycles. The SMILES string of the molecule is C=N/C=C1\C(=N/C)C2=C(CCCO2)N1CCN(C)C. The van der Waals surface area contributed by atoms with Crippen LogP contribution in [0.15, 0.2) is 33.3 Å². The van der Waals surface area contributed by atoms with Crippen molar-refractivity contribution >= 4 is 12.4 Å².